The number of benzene rings is 1. The van der Waals surface area contributed by atoms with Gasteiger partial charge in [-0.15, -0.1) is 0 Å². The molecule has 0 atom stereocenters. The molecule has 25 heavy (non-hydrogen) atoms. The number of hydrogen-bond acceptors (Lipinski definition) is 6. The quantitative estimate of drug-likeness (QED) is 0.444. The lowest BCUT2D eigenvalue weighted by atomic mass is 10.2. The topological polar surface area (TPSA) is 81.2 Å². The Labute approximate surface area is 155 Å². The number of esters is 1. The molecule has 0 saturated heterocycles. The maximum atomic E-state index is 12.4. The predicted molar refractivity (Wildman–Crippen MR) is 98.4 cm³/mol. The van der Waals surface area contributed by atoms with Crippen LogP contribution in [-0.4, -0.2) is 34.2 Å². The van der Waals surface area contributed by atoms with E-state index in [1.165, 1.54) is 18.0 Å². The summed E-state index contributed by atoms with van der Waals surface area (Å²) in [4.78, 5) is 32.3. The van der Waals surface area contributed by atoms with Crippen molar-refractivity contribution >= 4 is 40.9 Å². The molecule has 0 saturated carbocycles. The van der Waals surface area contributed by atoms with E-state index in [1.807, 2.05) is 0 Å². The van der Waals surface area contributed by atoms with Crippen LogP contribution in [-0.2, 0) is 4.74 Å². The van der Waals surface area contributed by atoms with Gasteiger partial charge in [0.05, 0.1) is 23.4 Å². The van der Waals surface area contributed by atoms with E-state index in [4.69, 9.17) is 16.3 Å². The van der Waals surface area contributed by atoms with Crippen LogP contribution in [0.2, 0.25) is 5.02 Å². The number of aromatic nitrogens is 2. The van der Waals surface area contributed by atoms with Crippen molar-refractivity contribution in [2.75, 3.05) is 17.7 Å². The van der Waals surface area contributed by atoms with Crippen molar-refractivity contribution < 1.29 is 14.3 Å². The second-order valence-corrected chi connectivity index (χ2v) is 6.42. The van der Waals surface area contributed by atoms with Crippen LogP contribution >= 0.6 is 23.4 Å². The monoisotopic (exact) mass is 379 g/mol. The minimum Gasteiger partial charge on any atom is -0.462 e. The third-order valence-corrected chi connectivity index (χ3v) is 4.37. The van der Waals surface area contributed by atoms with Gasteiger partial charge in [-0.3, -0.25) is 4.79 Å². The summed E-state index contributed by atoms with van der Waals surface area (Å²) in [5, 5.41) is 3.40. The minimum atomic E-state index is -0.436. The van der Waals surface area contributed by atoms with Gasteiger partial charge in [0.1, 0.15) is 0 Å². The van der Waals surface area contributed by atoms with E-state index in [2.05, 4.69) is 22.2 Å². The number of rotatable bonds is 7. The summed E-state index contributed by atoms with van der Waals surface area (Å²) < 4.78 is 4.92. The number of anilines is 1. The molecule has 1 aromatic carbocycles. The molecule has 2 aromatic rings. The molecule has 0 bridgehead atoms. The SMILES string of the molecule is CCCSc1ncc(Cl)c(C(=O)Nc2ccc(C(=O)OCC)cc2)n1. The van der Waals surface area contributed by atoms with E-state index in [9.17, 15) is 9.59 Å². The number of carbonyl (C=O) groups excluding carboxylic acids is 2. The highest BCUT2D eigenvalue weighted by Gasteiger charge is 2.15. The zero-order chi connectivity index (χ0) is 18.2. The molecule has 0 radical (unpaired) electrons. The van der Waals surface area contributed by atoms with Crippen molar-refractivity contribution in [3.63, 3.8) is 0 Å². The highest BCUT2D eigenvalue weighted by atomic mass is 35.5. The van der Waals surface area contributed by atoms with Crippen LogP contribution in [0.15, 0.2) is 35.6 Å². The third kappa shape index (κ3) is 5.44. The molecule has 132 valence electrons. The van der Waals surface area contributed by atoms with E-state index in [1.54, 1.807) is 31.2 Å². The van der Waals surface area contributed by atoms with Gasteiger partial charge in [-0.2, -0.15) is 0 Å². The van der Waals surface area contributed by atoms with Gasteiger partial charge in [-0.1, -0.05) is 30.3 Å². The van der Waals surface area contributed by atoms with Crippen LogP contribution in [0.1, 0.15) is 41.1 Å². The predicted octanol–water partition coefficient (Wildman–Crippen LogP) is 4.06. The van der Waals surface area contributed by atoms with Gasteiger partial charge in [0.15, 0.2) is 10.9 Å². The van der Waals surface area contributed by atoms with Gasteiger partial charge in [0, 0.05) is 11.4 Å². The standard InChI is InChI=1S/C17H18ClN3O3S/c1-3-9-25-17-19-10-13(18)14(21-17)15(22)20-12-7-5-11(6-8-12)16(23)24-4-2/h5-8,10H,3-4,9H2,1-2H3,(H,20,22). The molecular formula is C17H18ClN3O3S. The van der Waals surface area contributed by atoms with Crippen LogP contribution in [0.5, 0.6) is 0 Å². The van der Waals surface area contributed by atoms with Crippen LogP contribution in [0.4, 0.5) is 5.69 Å². The first-order valence-corrected chi connectivity index (χ1v) is 9.15. The van der Waals surface area contributed by atoms with Crippen molar-refractivity contribution in [3.8, 4) is 0 Å². The average Bonchev–Trinajstić information content (AvgIpc) is 2.61. The molecule has 0 aliphatic heterocycles. The summed E-state index contributed by atoms with van der Waals surface area (Å²) >= 11 is 7.50. The molecule has 1 heterocycles. The minimum absolute atomic E-state index is 0.115. The molecule has 2 rings (SSSR count). The maximum absolute atomic E-state index is 12.4. The Bertz CT molecular complexity index is 753. The second-order valence-electron chi connectivity index (χ2n) is 4.95. The number of amides is 1. The molecule has 0 unspecified atom stereocenters. The van der Waals surface area contributed by atoms with Gasteiger partial charge in [0.25, 0.3) is 5.91 Å². The van der Waals surface area contributed by atoms with E-state index in [-0.39, 0.29) is 10.7 Å². The van der Waals surface area contributed by atoms with Crippen molar-refractivity contribution in [1.29, 1.82) is 0 Å². The molecule has 1 amide bonds. The molecule has 8 heteroatoms. The molecule has 0 fully saturated rings. The molecule has 1 N–H and O–H groups in total. The Morgan fingerprint density at radius 2 is 1.96 bits per heavy atom. The highest BCUT2D eigenvalue weighted by Crippen LogP contribution is 2.20. The fourth-order valence-corrected chi connectivity index (χ4v) is 2.71. The van der Waals surface area contributed by atoms with Crippen molar-refractivity contribution in [3.05, 3.63) is 46.7 Å². The van der Waals surface area contributed by atoms with Gasteiger partial charge in [-0.25, -0.2) is 14.8 Å². The summed E-state index contributed by atoms with van der Waals surface area (Å²) in [5.41, 5.74) is 1.05. The normalized spacial score (nSPS) is 10.4. The first kappa shape index (κ1) is 19.2. The van der Waals surface area contributed by atoms with Crippen LogP contribution in [0.25, 0.3) is 0 Å². The van der Waals surface area contributed by atoms with Gasteiger partial charge >= 0.3 is 5.97 Å². The fraction of sp³-hybridized carbons (Fsp3) is 0.294. The van der Waals surface area contributed by atoms with Gasteiger partial charge < -0.3 is 10.1 Å². The second kappa shape index (κ2) is 9.39. The Hall–Kier alpha value is -2.12. The van der Waals surface area contributed by atoms with E-state index in [0.717, 1.165) is 12.2 Å². The van der Waals surface area contributed by atoms with E-state index < -0.39 is 11.9 Å². The summed E-state index contributed by atoms with van der Waals surface area (Å²) in [7, 11) is 0. The van der Waals surface area contributed by atoms with E-state index in [0.29, 0.717) is 23.0 Å². The molecule has 0 spiro atoms. The van der Waals surface area contributed by atoms with Crippen molar-refractivity contribution in [1.82, 2.24) is 9.97 Å². The summed E-state index contributed by atoms with van der Waals surface area (Å²) in [6.45, 7) is 4.10. The summed E-state index contributed by atoms with van der Waals surface area (Å²) in [6, 6.07) is 6.40. The Morgan fingerprint density at radius 3 is 2.60 bits per heavy atom. The average molecular weight is 380 g/mol. The number of halogens is 1. The number of nitrogens with zero attached hydrogens (tertiary/aromatic N) is 2. The fourth-order valence-electron chi connectivity index (χ4n) is 1.87. The smallest absolute Gasteiger partial charge is 0.338 e. The van der Waals surface area contributed by atoms with Gasteiger partial charge in [-0.05, 0) is 37.6 Å². The van der Waals surface area contributed by atoms with Crippen LogP contribution in [0.3, 0.4) is 0 Å². The summed E-state index contributed by atoms with van der Waals surface area (Å²) in [5.74, 6) is 0.0179. The molecule has 0 aliphatic rings. The highest BCUT2D eigenvalue weighted by molar-refractivity contribution is 7.99. The summed E-state index contributed by atoms with van der Waals surface area (Å²) in [6.07, 6.45) is 2.40. The van der Waals surface area contributed by atoms with Gasteiger partial charge in [0.2, 0.25) is 0 Å². The van der Waals surface area contributed by atoms with Crippen LogP contribution < -0.4 is 5.32 Å². The molecule has 1 aromatic heterocycles. The number of hydrogen-bond donors (Lipinski definition) is 1. The van der Waals surface area contributed by atoms with Crippen molar-refractivity contribution in [2.24, 2.45) is 0 Å². The number of thioether (sulfide) groups is 1. The zero-order valence-corrected chi connectivity index (χ0v) is 15.5. The number of carbonyl (C=O) groups is 2. The number of ether oxygens (including phenoxy) is 1. The van der Waals surface area contributed by atoms with Crippen LogP contribution in [0, 0.1) is 0 Å². The zero-order valence-electron chi connectivity index (χ0n) is 13.9. The van der Waals surface area contributed by atoms with Crippen molar-refractivity contribution in [2.45, 2.75) is 25.4 Å². The largest absolute Gasteiger partial charge is 0.462 e. The lowest BCUT2D eigenvalue weighted by Crippen LogP contribution is -2.15. The van der Waals surface area contributed by atoms with E-state index >= 15 is 0 Å². The maximum Gasteiger partial charge on any atom is 0.338 e. The molecular weight excluding hydrogens is 362 g/mol. The first-order chi connectivity index (χ1) is 12.0. The Morgan fingerprint density at radius 1 is 1.24 bits per heavy atom. The third-order valence-electron chi connectivity index (χ3n) is 3.03. The molecule has 6 nitrogen and oxygen atoms in total. The Kier molecular flexibility index (Phi) is 7.21. The lowest BCUT2D eigenvalue weighted by Gasteiger charge is -2.08. The first-order valence-electron chi connectivity index (χ1n) is 7.79. The molecule has 0 aliphatic carbocycles. The number of nitrogens with one attached hydrogen (secondary N) is 1. The lowest BCUT2D eigenvalue weighted by molar-refractivity contribution is 0.0526. The Balaban J connectivity index is 2.10.